The number of aromatic hydroxyl groups is 1. The Bertz CT molecular complexity index is 3240. The molecule has 460 valence electrons. The lowest BCUT2D eigenvalue weighted by molar-refractivity contribution is -0.144. The van der Waals surface area contributed by atoms with Gasteiger partial charge in [-0.15, -0.1) is 0 Å². The third-order valence-electron chi connectivity index (χ3n) is 15.3. The summed E-state index contributed by atoms with van der Waals surface area (Å²) in [4.78, 5) is 102. The number of benzene rings is 5. The SMILES string of the molecule is CCCOc1ccc(-c2ccc(-c3ccc(C(=O)N[C@H]4CCCNC(=O)[C@@H]5C[C@H](N)CN5C(=O)[C@H](CCCN)NC(=O)[C@H](CCc5ccc(O)cc5)NC(=O)[C@@H]5CCCN5C(=O)[C@H]([C@@H](C)O)NC4=O)cc3)cc2)cc1.Cc1ccc(S(=O)(=O)O)cc1. The monoisotopic (exact) mass is 1200 g/mol. The number of aliphatic hydroxyl groups is 1. The lowest BCUT2D eigenvalue weighted by Crippen LogP contribution is -2.61. The molecular weight excluding hydrogens is 1120 g/mol. The summed E-state index contributed by atoms with van der Waals surface area (Å²) in [6, 6.07) is 27.4. The maximum Gasteiger partial charge on any atom is 0.294 e. The van der Waals surface area contributed by atoms with Crippen LogP contribution in [0.2, 0.25) is 0 Å². The second-order valence-electron chi connectivity index (χ2n) is 22.0. The fraction of sp³-hybridized carbons (Fsp3) is 0.413. The van der Waals surface area contributed by atoms with Gasteiger partial charge in [0.15, 0.2) is 0 Å². The molecule has 3 aliphatic heterocycles. The Hall–Kier alpha value is -8.22. The lowest BCUT2D eigenvalue weighted by atomic mass is 9.99. The average molecular weight is 1200 g/mol. The highest BCUT2D eigenvalue weighted by molar-refractivity contribution is 7.85. The van der Waals surface area contributed by atoms with Crippen LogP contribution < -0.4 is 42.8 Å². The number of nitrogens with zero attached hydrogens (tertiary/aromatic N) is 2. The number of aryl methyl sites for hydroxylation is 2. The predicted octanol–water partition coefficient (Wildman–Crippen LogP) is 3.89. The zero-order valence-electron chi connectivity index (χ0n) is 48.7. The highest BCUT2D eigenvalue weighted by Gasteiger charge is 2.43. The second-order valence-corrected chi connectivity index (χ2v) is 23.4. The number of aliphatic hydroxyl groups excluding tert-OH is 1. The first-order valence-electron chi connectivity index (χ1n) is 29.1. The van der Waals surface area contributed by atoms with Crippen LogP contribution in [0.4, 0.5) is 0 Å². The van der Waals surface area contributed by atoms with E-state index in [0.29, 0.717) is 19.4 Å². The topological polar surface area (TPSA) is 342 Å². The number of nitrogens with one attached hydrogen (secondary N) is 5. The lowest BCUT2D eigenvalue weighted by Gasteiger charge is -2.32. The van der Waals surface area contributed by atoms with Gasteiger partial charge in [0.05, 0.1) is 17.6 Å². The molecule has 23 heteroatoms. The molecule has 0 radical (unpaired) electrons. The van der Waals surface area contributed by atoms with Crippen molar-refractivity contribution in [1.29, 1.82) is 0 Å². The van der Waals surface area contributed by atoms with Crippen molar-refractivity contribution in [2.24, 2.45) is 11.5 Å². The van der Waals surface area contributed by atoms with E-state index in [1.54, 1.807) is 48.5 Å². The van der Waals surface area contributed by atoms with Crippen LogP contribution in [0.1, 0.15) is 93.1 Å². The largest absolute Gasteiger partial charge is 0.508 e. The minimum Gasteiger partial charge on any atom is -0.508 e. The molecular formula is C63H79N9O13S. The third kappa shape index (κ3) is 17.9. The van der Waals surface area contributed by atoms with Crippen molar-refractivity contribution in [2.75, 3.05) is 32.8 Å². The number of carbonyl (C=O) groups is 7. The van der Waals surface area contributed by atoms with Crippen molar-refractivity contribution >= 4 is 51.5 Å². The van der Waals surface area contributed by atoms with Gasteiger partial charge in [0.25, 0.3) is 16.0 Å². The third-order valence-corrected chi connectivity index (χ3v) is 16.2. The number of carbonyl (C=O) groups excluding carboxylic acids is 7. The minimum absolute atomic E-state index is 0.0161. The molecule has 3 aliphatic rings. The van der Waals surface area contributed by atoms with Crippen molar-refractivity contribution in [2.45, 2.75) is 138 Å². The summed E-state index contributed by atoms with van der Waals surface area (Å²) >= 11 is 0. The molecule has 0 aliphatic carbocycles. The van der Waals surface area contributed by atoms with Crippen LogP contribution in [0.5, 0.6) is 11.5 Å². The second kappa shape index (κ2) is 30.7. The van der Waals surface area contributed by atoms with Crippen LogP contribution in [-0.2, 0) is 45.3 Å². The molecule has 22 nitrogen and oxygen atoms in total. The number of amides is 7. The summed E-state index contributed by atoms with van der Waals surface area (Å²) in [5, 5.41) is 34.9. The molecule has 0 spiro atoms. The van der Waals surface area contributed by atoms with Gasteiger partial charge in [-0.1, -0.05) is 85.3 Å². The van der Waals surface area contributed by atoms with Gasteiger partial charge in [-0.2, -0.15) is 8.42 Å². The van der Waals surface area contributed by atoms with Gasteiger partial charge < -0.3 is 62.8 Å². The summed E-state index contributed by atoms with van der Waals surface area (Å²) in [6.07, 6.45) is 1.19. The number of nitrogens with two attached hydrogens (primary N) is 2. The molecule has 3 saturated heterocycles. The van der Waals surface area contributed by atoms with Crippen LogP contribution in [0.15, 0.2) is 126 Å². The minimum atomic E-state index is -4.02. The Morgan fingerprint density at radius 2 is 1.33 bits per heavy atom. The van der Waals surface area contributed by atoms with Crippen molar-refractivity contribution in [3.8, 4) is 33.8 Å². The van der Waals surface area contributed by atoms with Gasteiger partial charge in [-0.25, -0.2) is 0 Å². The molecule has 0 bridgehead atoms. The van der Waals surface area contributed by atoms with Gasteiger partial charge >= 0.3 is 0 Å². The quantitative estimate of drug-likeness (QED) is 0.0665. The van der Waals surface area contributed by atoms with Crippen LogP contribution in [-0.4, -0.2) is 156 Å². The van der Waals surface area contributed by atoms with Crippen molar-refractivity contribution in [1.82, 2.24) is 36.4 Å². The smallest absolute Gasteiger partial charge is 0.294 e. The Morgan fingerprint density at radius 1 is 0.721 bits per heavy atom. The first-order valence-corrected chi connectivity index (χ1v) is 30.6. The average Bonchev–Trinajstić information content (AvgIpc) is 4.22. The number of phenolic OH excluding ortho intramolecular Hbond substituents is 1. The molecule has 8 atom stereocenters. The van der Waals surface area contributed by atoms with Crippen LogP contribution in [0, 0.1) is 6.92 Å². The molecule has 3 fully saturated rings. The maximum atomic E-state index is 14.4. The summed E-state index contributed by atoms with van der Waals surface area (Å²) < 4.78 is 35.3. The van der Waals surface area contributed by atoms with Crippen molar-refractivity contribution in [3.05, 3.63) is 138 Å². The molecule has 0 unspecified atom stereocenters. The molecule has 5 aromatic carbocycles. The molecule has 0 saturated carbocycles. The van der Waals surface area contributed by atoms with E-state index >= 15 is 0 Å². The maximum absolute atomic E-state index is 14.4. The van der Waals surface area contributed by atoms with E-state index in [4.69, 9.17) is 20.8 Å². The normalized spacial score (nSPS) is 22.1. The van der Waals surface area contributed by atoms with Gasteiger partial charge in [-0.3, -0.25) is 38.1 Å². The Balaban J connectivity index is 0.000000864. The van der Waals surface area contributed by atoms with E-state index in [1.807, 2.05) is 55.5 Å². The number of phenols is 1. The van der Waals surface area contributed by atoms with E-state index in [0.717, 1.165) is 45.6 Å². The Labute approximate surface area is 501 Å². The predicted molar refractivity (Wildman–Crippen MR) is 323 cm³/mol. The molecule has 12 N–H and O–H groups in total. The van der Waals surface area contributed by atoms with Gasteiger partial charge in [0.1, 0.15) is 47.8 Å². The van der Waals surface area contributed by atoms with Gasteiger partial charge in [-0.05, 0) is 161 Å². The first-order chi connectivity index (χ1) is 41.1. The fourth-order valence-electron chi connectivity index (χ4n) is 10.5. The Morgan fingerprint density at radius 3 is 1.92 bits per heavy atom. The van der Waals surface area contributed by atoms with E-state index in [2.05, 4.69) is 33.5 Å². The van der Waals surface area contributed by atoms with Gasteiger partial charge in [0, 0.05) is 31.2 Å². The van der Waals surface area contributed by atoms with E-state index in [-0.39, 0.29) is 87.3 Å². The van der Waals surface area contributed by atoms with Crippen LogP contribution >= 0.6 is 0 Å². The molecule has 86 heavy (non-hydrogen) atoms. The number of fused-ring (bicyclic) bond motifs is 2. The summed E-state index contributed by atoms with van der Waals surface area (Å²) in [6.45, 7) is 6.26. The fourth-order valence-corrected chi connectivity index (χ4v) is 11.0. The Kier molecular flexibility index (Phi) is 23.3. The highest BCUT2D eigenvalue weighted by atomic mass is 32.2. The van der Waals surface area contributed by atoms with Crippen LogP contribution in [0.3, 0.4) is 0 Å². The number of hydrogen-bond acceptors (Lipinski definition) is 14. The molecule has 3 heterocycles. The molecule has 7 amide bonds. The van der Waals surface area contributed by atoms with E-state index < -0.39 is 99.9 Å². The zero-order chi connectivity index (χ0) is 62.1. The molecule has 8 rings (SSSR count). The van der Waals surface area contributed by atoms with E-state index in [1.165, 1.54) is 41.0 Å². The summed E-state index contributed by atoms with van der Waals surface area (Å²) in [7, 11) is -4.02. The molecule has 0 aromatic heterocycles. The van der Waals surface area contributed by atoms with Gasteiger partial charge in [0.2, 0.25) is 35.4 Å². The zero-order valence-corrected chi connectivity index (χ0v) is 49.5. The van der Waals surface area contributed by atoms with Crippen molar-refractivity contribution < 1.29 is 61.5 Å². The van der Waals surface area contributed by atoms with E-state index in [9.17, 15) is 52.2 Å². The summed E-state index contributed by atoms with van der Waals surface area (Å²) in [5.74, 6) is -3.64. The van der Waals surface area contributed by atoms with Crippen molar-refractivity contribution in [3.63, 3.8) is 0 Å². The van der Waals surface area contributed by atoms with Crippen LogP contribution in [0.25, 0.3) is 22.3 Å². The summed E-state index contributed by atoms with van der Waals surface area (Å²) in [5.41, 5.74) is 18.0. The molecule has 5 aromatic rings. The standard InChI is InChI=1S/C56H71N9O10.C7H8O3S/c1-3-31-75-43-25-21-39(22-26-43)37-15-13-36(14-16-37)38-17-19-40(20-18-38)50(68)60-44-8-5-29-59-53(71)48-32-41(58)33-65(48)55(73)46(7-4-28-57)62-51(69)45(27-12-35-10-23-42(67)24-11-35)61-54(72)47-9-6-30-64(47)56(74)49(34(2)66)63-52(44)70;1-6-2-4-7(5-3-6)11(8,9)10/h10-11,13-26,34,41,44-49,66-67H,3-9,12,27-33,57-58H2,1-2H3,(H,59,71)(H,60,68)(H,61,72)(H,62,69)(H,63,70);2-5H,1H3,(H,8,9,10)/t34-,41+,44+,45+,46+,47+,48+,49+;/m1./s1. The number of rotatable bonds is 15. The number of ether oxygens (including phenoxy) is 1. The highest BCUT2D eigenvalue weighted by Crippen LogP contribution is 2.28. The number of hydrogen-bond donors (Lipinski definition) is 10. The first kappa shape index (κ1) is 65.3.